The standard InChI is InChI=1S/C22H25F2NO4/c1-3-9-28-10-11-29-22(27)19-13(2)25-17-5-4-6-18(26)21(17)20(19)14-7-8-15(23)16(24)12-14/h7-8,12,20,25H,3-6,9-11H2,1-2H3/t20-/m0/s1. The van der Waals surface area contributed by atoms with Gasteiger partial charge in [-0.25, -0.2) is 13.6 Å². The van der Waals surface area contributed by atoms with Crippen molar-refractivity contribution in [1.82, 2.24) is 5.32 Å². The molecular weight excluding hydrogens is 380 g/mol. The largest absolute Gasteiger partial charge is 0.460 e. The van der Waals surface area contributed by atoms with Crippen molar-refractivity contribution in [2.75, 3.05) is 19.8 Å². The monoisotopic (exact) mass is 405 g/mol. The van der Waals surface area contributed by atoms with Crippen molar-refractivity contribution >= 4 is 11.8 Å². The Morgan fingerprint density at radius 1 is 1.17 bits per heavy atom. The Balaban J connectivity index is 1.95. The van der Waals surface area contributed by atoms with Gasteiger partial charge in [0.05, 0.1) is 12.2 Å². The van der Waals surface area contributed by atoms with Crippen molar-refractivity contribution in [3.8, 4) is 0 Å². The van der Waals surface area contributed by atoms with Gasteiger partial charge in [-0.1, -0.05) is 13.0 Å². The molecule has 2 aliphatic rings. The van der Waals surface area contributed by atoms with Crippen LogP contribution in [-0.2, 0) is 19.1 Å². The van der Waals surface area contributed by atoms with Crippen molar-refractivity contribution in [2.45, 2.75) is 45.4 Å². The Bertz CT molecular complexity index is 876. The van der Waals surface area contributed by atoms with Gasteiger partial charge >= 0.3 is 5.97 Å². The summed E-state index contributed by atoms with van der Waals surface area (Å²) in [6, 6.07) is 3.46. The smallest absolute Gasteiger partial charge is 0.336 e. The number of carbonyl (C=O) groups is 2. The van der Waals surface area contributed by atoms with Gasteiger partial charge in [0.1, 0.15) is 6.61 Å². The van der Waals surface area contributed by atoms with Gasteiger partial charge in [0.15, 0.2) is 17.4 Å². The number of halogens is 2. The molecule has 0 aromatic heterocycles. The summed E-state index contributed by atoms with van der Waals surface area (Å²) in [5.74, 6) is -3.50. The number of benzene rings is 1. The summed E-state index contributed by atoms with van der Waals surface area (Å²) < 4.78 is 38.1. The lowest BCUT2D eigenvalue weighted by Gasteiger charge is -2.34. The molecular formula is C22H25F2NO4. The highest BCUT2D eigenvalue weighted by atomic mass is 19.2. The number of carbonyl (C=O) groups excluding carboxylic acids is 2. The third-order valence-electron chi connectivity index (χ3n) is 5.08. The molecule has 0 saturated heterocycles. The molecule has 0 saturated carbocycles. The molecule has 1 aromatic carbocycles. The second kappa shape index (κ2) is 9.31. The molecule has 5 nitrogen and oxygen atoms in total. The summed E-state index contributed by atoms with van der Waals surface area (Å²) in [5, 5.41) is 3.15. The van der Waals surface area contributed by atoms with Crippen LogP contribution in [0, 0.1) is 11.6 Å². The van der Waals surface area contributed by atoms with Crippen LogP contribution in [0.15, 0.2) is 40.7 Å². The van der Waals surface area contributed by atoms with Crippen LogP contribution < -0.4 is 5.32 Å². The molecule has 0 amide bonds. The summed E-state index contributed by atoms with van der Waals surface area (Å²) in [4.78, 5) is 25.6. The van der Waals surface area contributed by atoms with E-state index in [2.05, 4.69) is 5.32 Å². The summed E-state index contributed by atoms with van der Waals surface area (Å²) >= 11 is 0. The first kappa shape index (κ1) is 21.2. The number of dihydropyridines is 1. The van der Waals surface area contributed by atoms with Gasteiger partial charge in [-0.3, -0.25) is 4.79 Å². The van der Waals surface area contributed by atoms with Crippen molar-refractivity contribution < 1.29 is 27.8 Å². The van der Waals surface area contributed by atoms with E-state index in [9.17, 15) is 18.4 Å². The van der Waals surface area contributed by atoms with E-state index >= 15 is 0 Å². The minimum Gasteiger partial charge on any atom is -0.460 e. The fourth-order valence-electron chi connectivity index (χ4n) is 3.80. The molecule has 7 heteroatoms. The normalized spacial score (nSPS) is 19.2. The number of allylic oxidation sites excluding steroid dienone is 3. The summed E-state index contributed by atoms with van der Waals surface area (Å²) in [6.45, 7) is 4.61. The highest BCUT2D eigenvalue weighted by Crippen LogP contribution is 2.42. The summed E-state index contributed by atoms with van der Waals surface area (Å²) in [5.41, 5.74) is 2.30. The van der Waals surface area contributed by atoms with Crippen molar-refractivity contribution in [1.29, 1.82) is 0 Å². The maximum absolute atomic E-state index is 14.0. The maximum Gasteiger partial charge on any atom is 0.336 e. The number of rotatable bonds is 7. The molecule has 0 unspecified atom stereocenters. The zero-order valence-corrected chi connectivity index (χ0v) is 16.6. The Hall–Kier alpha value is -2.54. The predicted molar refractivity (Wildman–Crippen MR) is 103 cm³/mol. The average molecular weight is 405 g/mol. The molecule has 156 valence electrons. The van der Waals surface area contributed by atoms with Crippen LogP contribution in [0.5, 0.6) is 0 Å². The third-order valence-corrected chi connectivity index (χ3v) is 5.08. The molecule has 3 rings (SSSR count). The van der Waals surface area contributed by atoms with Crippen LogP contribution in [0.25, 0.3) is 0 Å². The Morgan fingerprint density at radius 2 is 1.97 bits per heavy atom. The van der Waals surface area contributed by atoms with E-state index in [0.29, 0.717) is 42.7 Å². The molecule has 0 fully saturated rings. The number of nitrogens with one attached hydrogen (secondary N) is 1. The summed E-state index contributed by atoms with van der Waals surface area (Å²) in [7, 11) is 0. The molecule has 0 spiro atoms. The molecule has 1 N–H and O–H groups in total. The molecule has 1 aliphatic heterocycles. The highest BCUT2D eigenvalue weighted by Gasteiger charge is 2.39. The topological polar surface area (TPSA) is 64.6 Å². The number of Topliss-reactive ketones (excluding diaryl/α,β-unsaturated/α-hetero) is 1. The van der Waals surface area contributed by atoms with E-state index in [4.69, 9.17) is 9.47 Å². The van der Waals surface area contributed by atoms with Crippen LogP contribution in [-0.4, -0.2) is 31.6 Å². The number of hydrogen-bond donors (Lipinski definition) is 1. The lowest BCUT2D eigenvalue weighted by Crippen LogP contribution is -2.34. The van der Waals surface area contributed by atoms with E-state index in [1.165, 1.54) is 6.07 Å². The first-order valence-corrected chi connectivity index (χ1v) is 9.87. The Morgan fingerprint density at radius 3 is 2.69 bits per heavy atom. The van der Waals surface area contributed by atoms with Gasteiger partial charge < -0.3 is 14.8 Å². The summed E-state index contributed by atoms with van der Waals surface area (Å²) in [6.07, 6.45) is 2.58. The van der Waals surface area contributed by atoms with Crippen LogP contribution in [0.2, 0.25) is 0 Å². The number of hydrogen-bond acceptors (Lipinski definition) is 5. The van der Waals surface area contributed by atoms with E-state index < -0.39 is 23.5 Å². The Labute approximate surface area is 168 Å². The molecule has 1 aliphatic carbocycles. The van der Waals surface area contributed by atoms with Crippen LogP contribution in [0.4, 0.5) is 8.78 Å². The van der Waals surface area contributed by atoms with Crippen LogP contribution >= 0.6 is 0 Å². The van der Waals surface area contributed by atoms with Gasteiger partial charge in [-0.2, -0.15) is 0 Å². The van der Waals surface area contributed by atoms with E-state index in [1.807, 2.05) is 6.92 Å². The second-order valence-corrected chi connectivity index (χ2v) is 7.19. The van der Waals surface area contributed by atoms with Crippen molar-refractivity contribution in [3.63, 3.8) is 0 Å². The molecule has 1 atom stereocenters. The van der Waals surface area contributed by atoms with Gasteiger partial charge in [0.25, 0.3) is 0 Å². The first-order chi connectivity index (χ1) is 13.9. The van der Waals surface area contributed by atoms with Gasteiger partial charge in [-0.05, 0) is 43.9 Å². The van der Waals surface area contributed by atoms with E-state index in [1.54, 1.807) is 6.92 Å². The molecule has 0 radical (unpaired) electrons. The number of ether oxygens (including phenoxy) is 2. The average Bonchev–Trinajstić information content (AvgIpc) is 2.69. The predicted octanol–water partition coefficient (Wildman–Crippen LogP) is 3.90. The van der Waals surface area contributed by atoms with E-state index in [-0.39, 0.29) is 24.6 Å². The minimum atomic E-state index is -1.02. The van der Waals surface area contributed by atoms with Gasteiger partial charge in [-0.15, -0.1) is 0 Å². The number of esters is 1. The lowest BCUT2D eigenvalue weighted by atomic mass is 9.75. The second-order valence-electron chi connectivity index (χ2n) is 7.19. The maximum atomic E-state index is 14.0. The van der Waals surface area contributed by atoms with Gasteiger partial charge in [0, 0.05) is 35.9 Å². The molecule has 1 aromatic rings. The van der Waals surface area contributed by atoms with Crippen molar-refractivity contribution in [2.24, 2.45) is 0 Å². The molecule has 0 bridgehead atoms. The quantitative estimate of drug-likeness (QED) is 0.551. The molecule has 29 heavy (non-hydrogen) atoms. The highest BCUT2D eigenvalue weighted by molar-refractivity contribution is 6.03. The van der Waals surface area contributed by atoms with E-state index in [0.717, 1.165) is 24.3 Å². The fraction of sp³-hybridized carbons (Fsp3) is 0.455. The van der Waals surface area contributed by atoms with Crippen molar-refractivity contribution in [3.05, 3.63) is 57.9 Å². The fourth-order valence-corrected chi connectivity index (χ4v) is 3.80. The third kappa shape index (κ3) is 4.56. The number of ketones is 1. The molecule has 1 heterocycles. The van der Waals surface area contributed by atoms with Gasteiger partial charge in [0.2, 0.25) is 0 Å². The lowest BCUT2D eigenvalue weighted by molar-refractivity contribution is -0.141. The van der Waals surface area contributed by atoms with Crippen LogP contribution in [0.3, 0.4) is 0 Å². The first-order valence-electron chi connectivity index (χ1n) is 9.87. The zero-order valence-electron chi connectivity index (χ0n) is 16.6. The van der Waals surface area contributed by atoms with Crippen LogP contribution in [0.1, 0.15) is 51.0 Å². The minimum absolute atomic E-state index is 0.0694. The Kier molecular flexibility index (Phi) is 6.79. The zero-order chi connectivity index (χ0) is 21.0. The SMILES string of the molecule is CCCOCCOC(=O)C1=C(C)NC2=C(C(=O)CCC2)[C@H]1c1ccc(F)c(F)c1.